The van der Waals surface area contributed by atoms with Crippen LogP contribution in [-0.4, -0.2) is 43.7 Å². The molecule has 2 N–H and O–H groups in total. The number of nitrogens with zero attached hydrogens (tertiary/aromatic N) is 4. The van der Waals surface area contributed by atoms with Crippen LogP contribution in [0.1, 0.15) is 32.1 Å². The number of aromatic amines is 1. The molecule has 4 rings (SSSR count). The highest BCUT2D eigenvalue weighted by Crippen LogP contribution is 2.41. The molecule has 2 aromatic rings. The van der Waals surface area contributed by atoms with Crippen molar-refractivity contribution in [2.24, 2.45) is 5.92 Å². The summed E-state index contributed by atoms with van der Waals surface area (Å²) in [6.45, 7) is 1.72. The van der Waals surface area contributed by atoms with Crippen LogP contribution in [0.3, 0.4) is 0 Å². The minimum absolute atomic E-state index is 0.359. The van der Waals surface area contributed by atoms with Crippen LogP contribution in [0, 0.1) is 5.92 Å². The Bertz CT molecular complexity index is 627. The van der Waals surface area contributed by atoms with Gasteiger partial charge < -0.3 is 15.0 Å². The molecule has 1 aliphatic heterocycles. The first-order chi connectivity index (χ1) is 9.76. The van der Waals surface area contributed by atoms with Crippen molar-refractivity contribution in [2.75, 3.05) is 18.0 Å². The van der Waals surface area contributed by atoms with Crippen LogP contribution in [0.25, 0.3) is 11.2 Å². The number of aliphatic hydroxyl groups is 1. The number of fused-ring (bicyclic) bond motifs is 2. The molecule has 1 aliphatic carbocycles. The molecular weight excluding hydrogens is 254 g/mol. The van der Waals surface area contributed by atoms with Gasteiger partial charge in [-0.2, -0.15) is 0 Å². The Morgan fingerprint density at radius 1 is 1.25 bits per heavy atom. The first kappa shape index (κ1) is 12.1. The van der Waals surface area contributed by atoms with Gasteiger partial charge in [-0.25, -0.2) is 15.0 Å². The summed E-state index contributed by atoms with van der Waals surface area (Å²) in [5.41, 5.74) is 1.16. The fraction of sp³-hybridized carbons (Fsp3) is 0.643. The summed E-state index contributed by atoms with van der Waals surface area (Å²) in [5.74, 6) is 1.28. The lowest BCUT2D eigenvalue weighted by Crippen LogP contribution is -2.53. The molecule has 3 heterocycles. The topological polar surface area (TPSA) is 77.9 Å². The van der Waals surface area contributed by atoms with Crippen LogP contribution in [0.15, 0.2) is 12.7 Å². The summed E-state index contributed by atoms with van der Waals surface area (Å²) in [5, 5.41) is 10.7. The number of piperidine rings is 1. The first-order valence-electron chi connectivity index (χ1n) is 7.38. The number of hydrogen-bond acceptors (Lipinski definition) is 5. The second-order valence-electron chi connectivity index (χ2n) is 6.04. The Morgan fingerprint density at radius 3 is 3.15 bits per heavy atom. The van der Waals surface area contributed by atoms with Crippen molar-refractivity contribution in [1.29, 1.82) is 0 Å². The molecule has 0 bridgehead atoms. The number of rotatable bonds is 1. The average molecular weight is 273 g/mol. The zero-order chi connectivity index (χ0) is 13.6. The van der Waals surface area contributed by atoms with Crippen molar-refractivity contribution in [3.05, 3.63) is 12.7 Å². The second kappa shape index (κ2) is 4.41. The Labute approximate surface area is 117 Å². The highest BCUT2D eigenvalue weighted by atomic mass is 16.3. The van der Waals surface area contributed by atoms with Crippen molar-refractivity contribution < 1.29 is 5.11 Å². The SMILES string of the molecule is O[C@@]12CCCC[C@@H]1CN(c1ncnc3nc[nH]c13)CC2. The average Bonchev–Trinajstić information content (AvgIpc) is 2.94. The van der Waals surface area contributed by atoms with Gasteiger partial charge in [0, 0.05) is 19.0 Å². The summed E-state index contributed by atoms with van der Waals surface area (Å²) in [4.78, 5) is 18.2. The Hall–Kier alpha value is -1.69. The third-order valence-electron chi connectivity index (χ3n) is 4.93. The van der Waals surface area contributed by atoms with Gasteiger partial charge in [0.2, 0.25) is 0 Å². The Kier molecular flexibility index (Phi) is 2.66. The van der Waals surface area contributed by atoms with E-state index in [4.69, 9.17) is 0 Å². The largest absolute Gasteiger partial charge is 0.389 e. The molecule has 0 radical (unpaired) electrons. The zero-order valence-corrected chi connectivity index (χ0v) is 11.4. The normalized spacial score (nSPS) is 30.4. The number of anilines is 1. The van der Waals surface area contributed by atoms with Crippen LogP contribution >= 0.6 is 0 Å². The van der Waals surface area contributed by atoms with Crippen LogP contribution in [-0.2, 0) is 0 Å². The molecule has 2 fully saturated rings. The van der Waals surface area contributed by atoms with Crippen molar-refractivity contribution in [1.82, 2.24) is 19.9 Å². The molecule has 2 atom stereocenters. The van der Waals surface area contributed by atoms with Gasteiger partial charge >= 0.3 is 0 Å². The number of hydrogen-bond donors (Lipinski definition) is 2. The maximum atomic E-state index is 10.7. The molecule has 0 amide bonds. The van der Waals surface area contributed by atoms with Crippen LogP contribution < -0.4 is 4.90 Å². The zero-order valence-electron chi connectivity index (χ0n) is 11.4. The van der Waals surface area contributed by atoms with E-state index in [-0.39, 0.29) is 0 Å². The molecule has 2 aliphatic rings. The maximum absolute atomic E-state index is 10.7. The number of nitrogens with one attached hydrogen (secondary N) is 1. The minimum Gasteiger partial charge on any atom is -0.389 e. The van der Waals surface area contributed by atoms with E-state index >= 15 is 0 Å². The predicted molar refractivity (Wildman–Crippen MR) is 75.4 cm³/mol. The molecule has 6 nitrogen and oxygen atoms in total. The van der Waals surface area contributed by atoms with E-state index in [0.717, 1.165) is 50.1 Å². The van der Waals surface area contributed by atoms with E-state index in [9.17, 15) is 5.11 Å². The van der Waals surface area contributed by atoms with Gasteiger partial charge in [-0.1, -0.05) is 12.8 Å². The molecule has 20 heavy (non-hydrogen) atoms. The summed E-state index contributed by atoms with van der Waals surface area (Å²) in [6, 6.07) is 0. The van der Waals surface area contributed by atoms with Crippen molar-refractivity contribution >= 4 is 17.0 Å². The lowest BCUT2D eigenvalue weighted by atomic mass is 9.71. The van der Waals surface area contributed by atoms with E-state index in [1.54, 1.807) is 12.7 Å². The molecule has 1 saturated heterocycles. The van der Waals surface area contributed by atoms with Gasteiger partial charge in [-0.05, 0) is 19.3 Å². The number of H-pyrrole nitrogens is 1. The summed E-state index contributed by atoms with van der Waals surface area (Å²) in [6.07, 6.45) is 8.51. The monoisotopic (exact) mass is 273 g/mol. The summed E-state index contributed by atoms with van der Waals surface area (Å²) in [7, 11) is 0. The van der Waals surface area contributed by atoms with Gasteiger partial charge in [-0.3, -0.25) is 0 Å². The Balaban J connectivity index is 1.65. The molecule has 0 unspecified atom stereocenters. The molecule has 0 spiro atoms. The van der Waals surface area contributed by atoms with E-state index in [1.165, 1.54) is 6.42 Å². The van der Waals surface area contributed by atoms with E-state index in [2.05, 4.69) is 24.8 Å². The standard InChI is InChI=1S/C14H19N5O/c20-14-4-2-1-3-10(14)7-19(6-5-14)13-11-12(16-8-15-11)17-9-18-13/h8-10,20H,1-7H2,(H,15,16,17,18)/t10-,14-/m1/s1. The summed E-state index contributed by atoms with van der Waals surface area (Å²) >= 11 is 0. The molecule has 1 saturated carbocycles. The fourth-order valence-corrected chi connectivity index (χ4v) is 3.76. The third kappa shape index (κ3) is 1.78. The van der Waals surface area contributed by atoms with Gasteiger partial charge in [0.25, 0.3) is 0 Å². The summed E-state index contributed by atoms with van der Waals surface area (Å²) < 4.78 is 0. The first-order valence-corrected chi connectivity index (χ1v) is 7.38. The Morgan fingerprint density at radius 2 is 2.20 bits per heavy atom. The second-order valence-corrected chi connectivity index (χ2v) is 6.04. The lowest BCUT2D eigenvalue weighted by molar-refractivity contribution is -0.0613. The third-order valence-corrected chi connectivity index (χ3v) is 4.93. The molecule has 2 aromatic heterocycles. The molecular formula is C14H19N5O. The van der Waals surface area contributed by atoms with Crippen LogP contribution in [0.4, 0.5) is 5.82 Å². The quantitative estimate of drug-likeness (QED) is 0.823. The highest BCUT2D eigenvalue weighted by Gasteiger charge is 2.43. The maximum Gasteiger partial charge on any atom is 0.182 e. The van der Waals surface area contributed by atoms with E-state index < -0.39 is 5.60 Å². The van der Waals surface area contributed by atoms with Gasteiger partial charge in [0.1, 0.15) is 11.8 Å². The van der Waals surface area contributed by atoms with Gasteiger partial charge in [0.15, 0.2) is 11.5 Å². The molecule has 106 valence electrons. The van der Waals surface area contributed by atoms with Crippen LogP contribution in [0.5, 0.6) is 0 Å². The lowest BCUT2D eigenvalue weighted by Gasteiger charge is -2.47. The predicted octanol–water partition coefficient (Wildman–Crippen LogP) is 1.48. The minimum atomic E-state index is -0.450. The smallest absolute Gasteiger partial charge is 0.182 e. The number of imidazole rings is 1. The fourth-order valence-electron chi connectivity index (χ4n) is 3.76. The molecule has 0 aromatic carbocycles. The van der Waals surface area contributed by atoms with Crippen molar-refractivity contribution in [3.8, 4) is 0 Å². The van der Waals surface area contributed by atoms with Crippen molar-refractivity contribution in [3.63, 3.8) is 0 Å². The van der Waals surface area contributed by atoms with Crippen molar-refractivity contribution in [2.45, 2.75) is 37.7 Å². The molecule has 6 heteroatoms. The van der Waals surface area contributed by atoms with E-state index in [1.807, 2.05) is 0 Å². The van der Waals surface area contributed by atoms with Gasteiger partial charge in [-0.15, -0.1) is 0 Å². The van der Waals surface area contributed by atoms with E-state index in [0.29, 0.717) is 11.6 Å². The number of aromatic nitrogens is 4. The van der Waals surface area contributed by atoms with Crippen LogP contribution in [0.2, 0.25) is 0 Å². The highest BCUT2D eigenvalue weighted by molar-refractivity contribution is 5.82. The van der Waals surface area contributed by atoms with Gasteiger partial charge in [0.05, 0.1) is 11.9 Å².